The number of piperidine rings is 1. The molecule has 30 heavy (non-hydrogen) atoms. The first-order valence-corrected chi connectivity index (χ1v) is 10.5. The van der Waals surface area contributed by atoms with Crippen LogP contribution in [0.25, 0.3) is 0 Å². The van der Waals surface area contributed by atoms with Crippen LogP contribution in [0, 0.1) is 0 Å². The van der Waals surface area contributed by atoms with Gasteiger partial charge in [0.15, 0.2) is 0 Å². The van der Waals surface area contributed by atoms with Gasteiger partial charge in [-0.25, -0.2) is 19.3 Å². The molecule has 8 nitrogen and oxygen atoms in total. The van der Waals surface area contributed by atoms with Crippen molar-refractivity contribution in [3.05, 3.63) is 35.9 Å². The summed E-state index contributed by atoms with van der Waals surface area (Å²) in [5.74, 6) is 0. The molecule has 0 radical (unpaired) electrons. The Balaban J connectivity index is 1.49. The largest absolute Gasteiger partial charge is 0.445 e. The van der Waals surface area contributed by atoms with Gasteiger partial charge >= 0.3 is 18.2 Å². The maximum absolute atomic E-state index is 12.9. The molecule has 0 saturated carbocycles. The van der Waals surface area contributed by atoms with E-state index in [4.69, 9.17) is 9.47 Å². The van der Waals surface area contributed by atoms with Gasteiger partial charge < -0.3 is 19.3 Å². The molecule has 0 atom stereocenters. The normalized spacial score (nSPS) is 18.4. The molecule has 164 valence electrons. The van der Waals surface area contributed by atoms with Crippen LogP contribution in [0.3, 0.4) is 0 Å². The van der Waals surface area contributed by atoms with Crippen molar-refractivity contribution in [3.8, 4) is 0 Å². The van der Waals surface area contributed by atoms with Gasteiger partial charge in [0.05, 0.1) is 0 Å². The average molecular weight is 418 g/mol. The van der Waals surface area contributed by atoms with E-state index in [-0.39, 0.29) is 24.8 Å². The second-order valence-corrected chi connectivity index (χ2v) is 8.72. The summed E-state index contributed by atoms with van der Waals surface area (Å²) in [7, 11) is 0. The summed E-state index contributed by atoms with van der Waals surface area (Å²) >= 11 is 0. The lowest BCUT2D eigenvalue weighted by Crippen LogP contribution is -2.58. The third kappa shape index (κ3) is 5.64. The number of urea groups is 1. The molecule has 0 spiro atoms. The third-order valence-electron chi connectivity index (χ3n) is 5.24. The highest BCUT2D eigenvalue weighted by Crippen LogP contribution is 2.23. The molecule has 2 heterocycles. The highest BCUT2D eigenvalue weighted by molar-refractivity contribution is 5.91. The van der Waals surface area contributed by atoms with Crippen LogP contribution in [0.1, 0.15) is 45.6 Å². The number of likely N-dealkylation sites (tertiary alicyclic amines) is 1. The number of nitrogens with zero attached hydrogens (tertiary/aromatic N) is 3. The minimum absolute atomic E-state index is 0.000843. The average Bonchev–Trinajstić information content (AvgIpc) is 2.72. The maximum Gasteiger partial charge on any atom is 0.418 e. The van der Waals surface area contributed by atoms with Crippen molar-refractivity contribution in [3.63, 3.8) is 0 Å². The van der Waals surface area contributed by atoms with Crippen LogP contribution < -0.4 is 0 Å². The van der Waals surface area contributed by atoms with Crippen molar-refractivity contribution in [2.75, 3.05) is 26.2 Å². The number of imide groups is 1. The molecule has 0 aromatic heterocycles. The minimum Gasteiger partial charge on any atom is -0.445 e. The van der Waals surface area contributed by atoms with E-state index in [1.165, 1.54) is 4.90 Å². The lowest BCUT2D eigenvalue weighted by molar-refractivity contribution is 0.0181. The fourth-order valence-corrected chi connectivity index (χ4v) is 3.74. The van der Waals surface area contributed by atoms with Gasteiger partial charge in [-0.2, -0.15) is 0 Å². The van der Waals surface area contributed by atoms with Gasteiger partial charge in [0.2, 0.25) is 0 Å². The molecule has 0 bridgehead atoms. The Kier molecular flexibility index (Phi) is 6.84. The molecule has 2 saturated heterocycles. The van der Waals surface area contributed by atoms with Crippen LogP contribution in [0.5, 0.6) is 0 Å². The zero-order chi connectivity index (χ0) is 21.7. The standard InChI is InChI=1S/C22H31N3O5/c1-22(2,3)30-21(28)25-13-7-12-24(19(25)26)18-10-14-23(15-11-18)20(27)29-16-17-8-5-4-6-9-17/h4-6,8-9,18H,7,10-16H2,1-3H3. The quantitative estimate of drug-likeness (QED) is 0.746. The van der Waals surface area contributed by atoms with E-state index in [1.807, 2.05) is 30.3 Å². The number of hydrogen-bond acceptors (Lipinski definition) is 5. The lowest BCUT2D eigenvalue weighted by Gasteiger charge is -2.42. The van der Waals surface area contributed by atoms with E-state index in [2.05, 4.69) is 0 Å². The highest BCUT2D eigenvalue weighted by Gasteiger charge is 2.38. The summed E-state index contributed by atoms with van der Waals surface area (Å²) in [6.07, 6.45) is 1.10. The molecule has 0 unspecified atom stereocenters. The van der Waals surface area contributed by atoms with Crippen molar-refractivity contribution in [2.45, 2.75) is 58.3 Å². The monoisotopic (exact) mass is 417 g/mol. The fourth-order valence-electron chi connectivity index (χ4n) is 3.74. The summed E-state index contributed by atoms with van der Waals surface area (Å²) in [6.45, 7) is 7.62. The Morgan fingerprint density at radius 3 is 2.30 bits per heavy atom. The van der Waals surface area contributed by atoms with Crippen molar-refractivity contribution in [1.82, 2.24) is 14.7 Å². The first kappa shape index (κ1) is 21.9. The number of amides is 4. The Morgan fingerprint density at radius 1 is 1.00 bits per heavy atom. The number of carbonyl (C=O) groups excluding carboxylic acids is 3. The molecule has 2 aliphatic heterocycles. The van der Waals surface area contributed by atoms with Crippen molar-refractivity contribution < 1.29 is 23.9 Å². The molecule has 2 fully saturated rings. The minimum atomic E-state index is -0.648. The van der Waals surface area contributed by atoms with Crippen LogP contribution >= 0.6 is 0 Å². The second kappa shape index (κ2) is 9.36. The van der Waals surface area contributed by atoms with E-state index in [0.717, 1.165) is 5.56 Å². The number of rotatable bonds is 3. The molecule has 0 N–H and O–H groups in total. The Morgan fingerprint density at radius 2 is 1.67 bits per heavy atom. The zero-order valence-electron chi connectivity index (χ0n) is 18.0. The first-order chi connectivity index (χ1) is 14.2. The van der Waals surface area contributed by atoms with Crippen molar-refractivity contribution in [2.24, 2.45) is 0 Å². The predicted octanol–water partition coefficient (Wildman–Crippen LogP) is 3.85. The second-order valence-electron chi connectivity index (χ2n) is 8.72. The number of hydrogen-bond donors (Lipinski definition) is 0. The fraction of sp³-hybridized carbons (Fsp3) is 0.591. The Hall–Kier alpha value is -2.77. The van der Waals surface area contributed by atoms with E-state index in [0.29, 0.717) is 45.4 Å². The van der Waals surface area contributed by atoms with Crippen molar-refractivity contribution in [1.29, 1.82) is 0 Å². The lowest BCUT2D eigenvalue weighted by atomic mass is 10.0. The predicted molar refractivity (Wildman–Crippen MR) is 111 cm³/mol. The molecular formula is C22H31N3O5. The van der Waals surface area contributed by atoms with Gasteiger partial charge in [0.25, 0.3) is 0 Å². The van der Waals surface area contributed by atoms with Crippen molar-refractivity contribution >= 4 is 18.2 Å². The van der Waals surface area contributed by atoms with Gasteiger partial charge in [-0.15, -0.1) is 0 Å². The number of carbonyl (C=O) groups is 3. The van der Waals surface area contributed by atoms with Gasteiger partial charge in [0.1, 0.15) is 12.2 Å². The molecule has 3 rings (SSSR count). The number of ether oxygens (including phenoxy) is 2. The maximum atomic E-state index is 12.9. The highest BCUT2D eigenvalue weighted by atomic mass is 16.6. The molecular weight excluding hydrogens is 386 g/mol. The molecule has 1 aromatic rings. The van der Waals surface area contributed by atoms with E-state index >= 15 is 0 Å². The van der Waals surface area contributed by atoms with E-state index in [9.17, 15) is 14.4 Å². The smallest absolute Gasteiger partial charge is 0.418 e. The Labute approximate surface area is 177 Å². The van der Waals surface area contributed by atoms with Gasteiger partial charge in [0, 0.05) is 32.2 Å². The number of benzene rings is 1. The topological polar surface area (TPSA) is 79.4 Å². The zero-order valence-corrected chi connectivity index (χ0v) is 18.0. The summed E-state index contributed by atoms with van der Waals surface area (Å²) in [4.78, 5) is 42.2. The first-order valence-electron chi connectivity index (χ1n) is 10.5. The molecule has 2 aliphatic rings. The summed E-state index contributed by atoms with van der Waals surface area (Å²) in [6, 6.07) is 9.26. The summed E-state index contributed by atoms with van der Waals surface area (Å²) in [5.41, 5.74) is 0.298. The molecule has 0 aliphatic carbocycles. The van der Waals surface area contributed by atoms with Gasteiger partial charge in [-0.3, -0.25) is 0 Å². The van der Waals surface area contributed by atoms with Crippen LogP contribution in [-0.2, 0) is 16.1 Å². The molecule has 1 aromatic carbocycles. The van der Waals surface area contributed by atoms with Gasteiger partial charge in [-0.05, 0) is 45.6 Å². The Bertz CT molecular complexity index is 754. The van der Waals surface area contributed by atoms with E-state index in [1.54, 1.807) is 30.6 Å². The third-order valence-corrected chi connectivity index (χ3v) is 5.24. The van der Waals surface area contributed by atoms with Gasteiger partial charge in [-0.1, -0.05) is 30.3 Å². The molecule has 4 amide bonds. The van der Waals surface area contributed by atoms with Crippen LogP contribution in [-0.4, -0.2) is 70.7 Å². The van der Waals surface area contributed by atoms with E-state index < -0.39 is 11.7 Å². The SMILES string of the molecule is CC(C)(C)OC(=O)N1CCCN(C2CCN(C(=O)OCc3ccccc3)CC2)C1=O. The molecule has 8 heteroatoms. The van der Waals surface area contributed by atoms with Crippen LogP contribution in [0.4, 0.5) is 14.4 Å². The van der Waals surface area contributed by atoms with Crippen LogP contribution in [0.15, 0.2) is 30.3 Å². The summed E-state index contributed by atoms with van der Waals surface area (Å²) < 4.78 is 10.8. The van der Waals surface area contributed by atoms with Crippen LogP contribution in [0.2, 0.25) is 0 Å². The summed E-state index contributed by atoms with van der Waals surface area (Å²) in [5, 5.41) is 0.